The first-order valence-corrected chi connectivity index (χ1v) is 15.1. The summed E-state index contributed by atoms with van der Waals surface area (Å²) in [5.41, 5.74) is 5.82. The second-order valence-corrected chi connectivity index (χ2v) is 11.3. The Morgan fingerprint density at radius 1 is 0.778 bits per heavy atom. The molecule has 2 aromatic carbocycles. The van der Waals surface area contributed by atoms with Gasteiger partial charge in [-0.15, -0.1) is 4.68 Å². The summed E-state index contributed by atoms with van der Waals surface area (Å²) in [5, 5.41) is 4.64. The lowest BCUT2D eigenvalue weighted by atomic mass is 9.89. The molecule has 6 aromatic rings. The van der Waals surface area contributed by atoms with E-state index in [1.807, 2.05) is 133 Å². The first kappa shape index (κ1) is 26.9. The van der Waals surface area contributed by atoms with Crippen molar-refractivity contribution in [3.63, 3.8) is 0 Å². The largest absolute Gasteiger partial charge is 0.433 e. The number of hydrazine groups is 1. The lowest BCUT2D eigenvalue weighted by molar-refractivity contribution is -0.767. The molecular formula is C36H31N5O4+2. The van der Waals surface area contributed by atoms with Crippen LogP contribution in [0.2, 0.25) is 0 Å². The predicted octanol–water partition coefficient (Wildman–Crippen LogP) is 5.92. The number of carbonyl (C=O) groups is 2. The maximum atomic E-state index is 14.5. The highest BCUT2D eigenvalue weighted by Gasteiger charge is 2.49. The van der Waals surface area contributed by atoms with E-state index in [-0.39, 0.29) is 34.2 Å². The fraction of sp³-hybridized carbons (Fsp3) is 0.167. The molecule has 0 saturated heterocycles. The zero-order chi connectivity index (χ0) is 31.0. The number of carbonyl (C=O) groups excluding carboxylic acids is 2. The van der Waals surface area contributed by atoms with Gasteiger partial charge >= 0.3 is 0 Å². The molecule has 1 aliphatic heterocycles. The Labute approximate surface area is 259 Å². The summed E-state index contributed by atoms with van der Waals surface area (Å²) in [7, 11) is 1.97. The Morgan fingerprint density at radius 2 is 1.40 bits per heavy atom. The van der Waals surface area contributed by atoms with Crippen LogP contribution < -0.4 is 14.3 Å². The molecule has 222 valence electrons. The summed E-state index contributed by atoms with van der Waals surface area (Å²) in [4.78, 5) is 29.0. The molecule has 2 aliphatic rings. The van der Waals surface area contributed by atoms with Gasteiger partial charge in [0.05, 0.1) is 28.1 Å². The van der Waals surface area contributed by atoms with Gasteiger partial charge in [-0.2, -0.15) is 0 Å². The van der Waals surface area contributed by atoms with Gasteiger partial charge in [0.1, 0.15) is 18.1 Å². The van der Waals surface area contributed by atoms with Crippen LogP contribution in [-0.2, 0) is 13.6 Å². The van der Waals surface area contributed by atoms with Crippen LogP contribution in [0.3, 0.4) is 0 Å². The zero-order valence-electron chi connectivity index (χ0n) is 25.4. The highest BCUT2D eigenvalue weighted by atomic mass is 16.4. The number of aryl methyl sites for hydroxylation is 2. The maximum absolute atomic E-state index is 14.5. The SMILES string of the molecule is CCN1/C(=C\c2cc[n+](C)cc2)c2c(oc3c2C(=O)c2oc4c(c2C3=O)c(C)[n+](CC)n4-c2ccccc2)N1c1ccccc1. The normalized spacial score (nSPS) is 14.9. The number of nitrogens with zero attached hydrogens (tertiary/aromatic N) is 5. The molecule has 0 saturated carbocycles. The molecule has 45 heavy (non-hydrogen) atoms. The van der Waals surface area contributed by atoms with Gasteiger partial charge in [0.15, 0.2) is 30.5 Å². The third-order valence-electron chi connectivity index (χ3n) is 8.70. The van der Waals surface area contributed by atoms with Crippen molar-refractivity contribution in [2.45, 2.75) is 27.3 Å². The number of hydrogen-bond acceptors (Lipinski definition) is 6. The summed E-state index contributed by atoms with van der Waals surface area (Å²) >= 11 is 0. The van der Waals surface area contributed by atoms with Gasteiger partial charge in [-0.1, -0.05) is 41.1 Å². The lowest BCUT2D eigenvalue weighted by Gasteiger charge is -2.31. The van der Waals surface area contributed by atoms with E-state index in [1.165, 1.54) is 0 Å². The molecule has 0 spiro atoms. The molecule has 0 radical (unpaired) electrons. The topological polar surface area (TPSA) is 79.6 Å². The lowest BCUT2D eigenvalue weighted by Crippen LogP contribution is -2.43. The number of anilines is 2. The number of pyridine rings is 1. The number of fused-ring (bicyclic) bond motifs is 6. The summed E-state index contributed by atoms with van der Waals surface area (Å²) in [6, 6.07) is 23.7. The summed E-state index contributed by atoms with van der Waals surface area (Å²) in [6.45, 7) is 7.28. The first-order chi connectivity index (χ1) is 21.9. The molecule has 5 heterocycles. The van der Waals surface area contributed by atoms with Gasteiger partial charge in [-0.05, 0) is 49.8 Å². The van der Waals surface area contributed by atoms with Crippen LogP contribution in [0, 0.1) is 6.92 Å². The number of ketones is 2. The minimum atomic E-state index is -0.362. The number of benzene rings is 2. The Hall–Kier alpha value is -5.70. The fourth-order valence-corrected chi connectivity index (χ4v) is 6.68. The van der Waals surface area contributed by atoms with Crippen LogP contribution >= 0.6 is 0 Å². The van der Waals surface area contributed by atoms with Crippen LogP contribution in [-0.4, -0.2) is 27.8 Å². The van der Waals surface area contributed by atoms with E-state index in [4.69, 9.17) is 8.83 Å². The average Bonchev–Trinajstić information content (AvgIpc) is 3.79. The number of para-hydroxylation sites is 2. The van der Waals surface area contributed by atoms with Crippen molar-refractivity contribution in [1.29, 1.82) is 0 Å². The highest BCUT2D eigenvalue weighted by molar-refractivity contribution is 6.32. The van der Waals surface area contributed by atoms with E-state index in [9.17, 15) is 9.59 Å². The monoisotopic (exact) mass is 597 g/mol. The molecule has 0 bridgehead atoms. The van der Waals surface area contributed by atoms with Crippen LogP contribution in [0.5, 0.6) is 0 Å². The van der Waals surface area contributed by atoms with E-state index in [0.717, 1.165) is 28.3 Å². The molecule has 0 fully saturated rings. The predicted molar refractivity (Wildman–Crippen MR) is 168 cm³/mol. The minimum Gasteiger partial charge on any atom is -0.433 e. The van der Waals surface area contributed by atoms with E-state index < -0.39 is 0 Å². The Kier molecular flexibility index (Phi) is 5.93. The van der Waals surface area contributed by atoms with Gasteiger partial charge in [0.2, 0.25) is 23.1 Å². The maximum Gasteiger partial charge on any atom is 0.272 e. The van der Waals surface area contributed by atoms with Crippen molar-refractivity contribution in [3.8, 4) is 5.69 Å². The van der Waals surface area contributed by atoms with Gasteiger partial charge < -0.3 is 8.83 Å². The molecule has 0 N–H and O–H groups in total. The number of rotatable bonds is 5. The van der Waals surface area contributed by atoms with Crippen molar-refractivity contribution in [2.75, 3.05) is 11.6 Å². The first-order valence-electron chi connectivity index (χ1n) is 15.1. The molecule has 0 unspecified atom stereocenters. The molecule has 9 nitrogen and oxygen atoms in total. The van der Waals surface area contributed by atoms with Gasteiger partial charge in [-0.25, -0.2) is 9.58 Å². The molecule has 9 heteroatoms. The Morgan fingerprint density at radius 3 is 2.04 bits per heavy atom. The minimum absolute atomic E-state index is 0.0390. The summed E-state index contributed by atoms with van der Waals surface area (Å²) in [5.74, 6) is -0.196. The van der Waals surface area contributed by atoms with Crippen molar-refractivity contribution >= 4 is 46.0 Å². The number of furan rings is 2. The van der Waals surface area contributed by atoms with E-state index >= 15 is 0 Å². The Balaban J connectivity index is 1.38. The fourth-order valence-electron chi connectivity index (χ4n) is 6.68. The van der Waals surface area contributed by atoms with Crippen molar-refractivity contribution in [3.05, 3.63) is 125 Å². The van der Waals surface area contributed by atoms with Crippen LogP contribution in [0.1, 0.15) is 62.9 Å². The van der Waals surface area contributed by atoms with Gasteiger partial charge in [0, 0.05) is 25.6 Å². The average molecular weight is 598 g/mol. The van der Waals surface area contributed by atoms with Crippen molar-refractivity contribution in [2.24, 2.45) is 7.05 Å². The second kappa shape index (κ2) is 9.92. The number of aromatic nitrogens is 3. The smallest absolute Gasteiger partial charge is 0.272 e. The molecule has 4 aromatic heterocycles. The quantitative estimate of drug-likeness (QED) is 0.229. The molecule has 1 aliphatic carbocycles. The van der Waals surface area contributed by atoms with Crippen LogP contribution in [0.25, 0.3) is 28.6 Å². The van der Waals surface area contributed by atoms with Crippen LogP contribution in [0.15, 0.2) is 94.0 Å². The highest BCUT2D eigenvalue weighted by Crippen LogP contribution is 2.51. The third-order valence-corrected chi connectivity index (χ3v) is 8.70. The van der Waals surface area contributed by atoms with Crippen molar-refractivity contribution < 1.29 is 27.7 Å². The molecular weight excluding hydrogens is 566 g/mol. The van der Waals surface area contributed by atoms with E-state index in [0.29, 0.717) is 35.6 Å². The van der Waals surface area contributed by atoms with E-state index in [2.05, 4.69) is 9.69 Å². The Bertz CT molecular complexity index is 2190. The van der Waals surface area contributed by atoms with Gasteiger partial charge in [-0.3, -0.25) is 14.6 Å². The second-order valence-electron chi connectivity index (χ2n) is 11.3. The third kappa shape index (κ3) is 3.73. The summed E-state index contributed by atoms with van der Waals surface area (Å²) < 4.78 is 18.9. The van der Waals surface area contributed by atoms with Crippen molar-refractivity contribution in [1.82, 2.24) is 9.69 Å². The molecule has 8 rings (SSSR count). The molecule has 0 atom stereocenters. The standard InChI is InChI=1S/C36H31N5O4/c1-5-38-22(3)27-29-31(42)34-30(32(43)33(29)44-35(27)40(38)24-13-9-7-10-14-24)28-26(21-23-17-19-37(4)20-18-23)39(6-2)41(36(28)45-34)25-15-11-8-12-16-25/h7-21H,5-6H2,1-4H3/q+2. The zero-order valence-corrected chi connectivity index (χ0v) is 25.4. The van der Waals surface area contributed by atoms with Crippen LogP contribution in [0.4, 0.5) is 11.6 Å². The summed E-state index contributed by atoms with van der Waals surface area (Å²) in [6.07, 6.45) is 5.98. The number of hydrogen-bond donors (Lipinski definition) is 0. The molecule has 0 amide bonds. The van der Waals surface area contributed by atoms with Gasteiger partial charge in [0.25, 0.3) is 5.71 Å². The van der Waals surface area contributed by atoms with E-state index in [1.54, 1.807) is 0 Å².